The first-order valence-electron chi connectivity index (χ1n) is 6.79. The molecule has 0 spiro atoms. The Labute approximate surface area is 126 Å². The fourth-order valence-electron chi connectivity index (χ4n) is 2.19. The number of Topliss-reactive ketones (excluding diaryl/α,β-unsaturated/α-hetero) is 1. The minimum absolute atomic E-state index is 0.0515. The summed E-state index contributed by atoms with van der Waals surface area (Å²) >= 11 is 0. The molecule has 110 valence electrons. The van der Waals surface area contributed by atoms with Gasteiger partial charge in [0.05, 0.1) is 5.27 Å². The van der Waals surface area contributed by atoms with Crippen molar-refractivity contribution in [3.63, 3.8) is 0 Å². The van der Waals surface area contributed by atoms with Crippen molar-refractivity contribution in [1.29, 1.82) is 0 Å². The molecule has 0 unspecified atom stereocenters. The van der Waals surface area contributed by atoms with Gasteiger partial charge in [-0.2, -0.15) is 4.57 Å². The number of hydrogen-bond donors (Lipinski definition) is 0. The van der Waals surface area contributed by atoms with E-state index in [-0.39, 0.29) is 18.0 Å². The van der Waals surface area contributed by atoms with Crippen molar-refractivity contribution >= 4 is 5.78 Å². The molecule has 0 N–H and O–H groups in total. The van der Waals surface area contributed by atoms with Crippen LogP contribution in [0.5, 0.6) is 5.95 Å². The number of pyridine rings is 1. The van der Waals surface area contributed by atoms with Crippen molar-refractivity contribution in [3.05, 3.63) is 66.1 Å². The van der Waals surface area contributed by atoms with Crippen LogP contribution in [0.25, 0.3) is 5.69 Å². The first-order valence-corrected chi connectivity index (χ1v) is 6.79. The number of para-hydroxylation sites is 1. The zero-order valence-corrected chi connectivity index (χ0v) is 12.0. The molecule has 1 aromatic carbocycles. The van der Waals surface area contributed by atoms with Crippen LogP contribution in [0.1, 0.15) is 16.2 Å². The topological polar surface area (TPSA) is 73.9 Å². The molecule has 0 amide bonds. The van der Waals surface area contributed by atoms with Gasteiger partial charge < -0.3 is 9.63 Å². The monoisotopic (exact) mass is 296 g/mol. The van der Waals surface area contributed by atoms with Crippen LogP contribution in [0.4, 0.5) is 0 Å². The molecule has 0 saturated carbocycles. The molecule has 0 saturated heterocycles. The predicted octanol–water partition coefficient (Wildman–Crippen LogP) is 0.504. The second-order valence-corrected chi connectivity index (χ2v) is 4.85. The maximum atomic E-state index is 12.5. The number of nitrogens with zero attached hydrogens (tertiary/aromatic N) is 3. The van der Waals surface area contributed by atoms with Gasteiger partial charge in [0.2, 0.25) is 12.2 Å². The zero-order valence-electron chi connectivity index (χ0n) is 12.0. The highest BCUT2D eigenvalue weighted by Crippen LogP contribution is 2.11. The van der Waals surface area contributed by atoms with E-state index in [4.69, 9.17) is 0 Å². The number of aryl methyl sites for hydroxylation is 1. The van der Waals surface area contributed by atoms with Gasteiger partial charge in [-0.05, 0) is 4.68 Å². The molecule has 0 radical (unpaired) electrons. The maximum Gasteiger partial charge on any atom is 0.313 e. The van der Waals surface area contributed by atoms with Crippen molar-refractivity contribution < 1.29 is 23.7 Å². The summed E-state index contributed by atoms with van der Waals surface area (Å²) in [6.45, 7) is 1.94. The Morgan fingerprint density at radius 2 is 1.91 bits per heavy atom. The Kier molecular flexibility index (Phi) is 3.65. The van der Waals surface area contributed by atoms with Crippen LogP contribution < -0.4 is 14.4 Å². The van der Waals surface area contributed by atoms with Gasteiger partial charge in [-0.1, -0.05) is 24.3 Å². The van der Waals surface area contributed by atoms with E-state index >= 15 is 0 Å². The maximum absolute atomic E-state index is 12.5. The van der Waals surface area contributed by atoms with Crippen LogP contribution >= 0.6 is 0 Å². The van der Waals surface area contributed by atoms with E-state index in [1.807, 2.05) is 31.2 Å². The van der Waals surface area contributed by atoms with E-state index in [1.54, 1.807) is 35.0 Å². The van der Waals surface area contributed by atoms with Crippen molar-refractivity contribution in [3.8, 4) is 11.6 Å². The second-order valence-electron chi connectivity index (χ2n) is 4.85. The number of hydrogen-bond acceptors (Lipinski definition) is 4. The Bertz CT molecular complexity index is 813. The molecule has 6 heteroatoms. The standard InChI is InChI=1S/C16H14N3O3/c1-12-7-5-6-10-18(12)11-14(20)15-16(21)22-17-19(15)13-8-3-2-4-9-13/h2-10H,11H2,1H3/q+1. The summed E-state index contributed by atoms with van der Waals surface area (Å²) in [5.74, 6) is -1.09. The fraction of sp³-hybridized carbons (Fsp3) is 0.125. The van der Waals surface area contributed by atoms with Crippen LogP contribution in [-0.4, -0.2) is 11.1 Å². The highest BCUT2D eigenvalue weighted by molar-refractivity contribution is 5.93. The fourth-order valence-corrected chi connectivity index (χ4v) is 2.19. The summed E-state index contributed by atoms with van der Waals surface area (Å²) in [6, 6.07) is 14.5. The molecule has 0 atom stereocenters. The predicted molar refractivity (Wildman–Crippen MR) is 73.2 cm³/mol. The van der Waals surface area contributed by atoms with Gasteiger partial charge in [0.1, 0.15) is 0 Å². The van der Waals surface area contributed by atoms with Gasteiger partial charge in [0.15, 0.2) is 17.8 Å². The molecule has 3 aromatic rings. The summed E-state index contributed by atoms with van der Waals surface area (Å²) < 4.78 is 7.67. The Balaban J connectivity index is 1.97. The molecule has 2 heterocycles. The van der Waals surface area contributed by atoms with Crippen LogP contribution in [0.2, 0.25) is 0 Å². The number of aromatic nitrogens is 3. The number of ketones is 1. The van der Waals surface area contributed by atoms with Crippen molar-refractivity contribution in [2.45, 2.75) is 13.5 Å². The van der Waals surface area contributed by atoms with Crippen molar-refractivity contribution in [2.24, 2.45) is 0 Å². The third-order valence-electron chi connectivity index (χ3n) is 3.36. The third-order valence-corrected chi connectivity index (χ3v) is 3.36. The smallest absolute Gasteiger partial charge is 0.313 e. The lowest BCUT2D eigenvalue weighted by Crippen LogP contribution is -2.45. The van der Waals surface area contributed by atoms with Crippen molar-refractivity contribution in [2.75, 3.05) is 0 Å². The van der Waals surface area contributed by atoms with E-state index in [9.17, 15) is 9.90 Å². The lowest BCUT2D eigenvalue weighted by Gasteiger charge is -1.99. The van der Waals surface area contributed by atoms with Gasteiger partial charge in [0, 0.05) is 31.2 Å². The molecule has 0 bridgehead atoms. The van der Waals surface area contributed by atoms with Gasteiger partial charge in [0.25, 0.3) is 5.78 Å². The molecule has 0 aliphatic heterocycles. The minimum atomic E-state index is -0.733. The van der Waals surface area contributed by atoms with E-state index in [1.165, 1.54) is 4.68 Å². The first kappa shape index (κ1) is 13.9. The average Bonchev–Trinajstić information content (AvgIpc) is 2.92. The average molecular weight is 296 g/mol. The lowest BCUT2D eigenvalue weighted by atomic mass is 10.2. The Morgan fingerprint density at radius 3 is 2.64 bits per heavy atom. The number of carbonyl (C=O) groups is 1. The number of benzene rings is 1. The van der Waals surface area contributed by atoms with Crippen molar-refractivity contribution in [1.82, 2.24) is 5.27 Å². The summed E-state index contributed by atoms with van der Waals surface area (Å²) in [5, 5.41) is 15.5. The minimum Gasteiger partial charge on any atom is -0.539 e. The molecular weight excluding hydrogens is 282 g/mol. The Hall–Kier alpha value is -3.02. The first-order chi connectivity index (χ1) is 10.7. The highest BCUT2D eigenvalue weighted by atomic mass is 16.6. The zero-order chi connectivity index (χ0) is 15.5. The summed E-state index contributed by atoms with van der Waals surface area (Å²) in [5.41, 5.74) is 1.44. The summed E-state index contributed by atoms with van der Waals surface area (Å²) in [4.78, 5) is 12.5. The van der Waals surface area contributed by atoms with Crippen LogP contribution in [0.15, 0.2) is 59.3 Å². The second kappa shape index (κ2) is 5.77. The van der Waals surface area contributed by atoms with Gasteiger partial charge >= 0.3 is 5.69 Å². The molecule has 2 aromatic heterocycles. The van der Waals surface area contributed by atoms with E-state index in [2.05, 4.69) is 9.79 Å². The lowest BCUT2D eigenvalue weighted by molar-refractivity contribution is -0.694. The number of rotatable bonds is 4. The van der Waals surface area contributed by atoms with Crippen LogP contribution in [-0.2, 0) is 6.54 Å². The SMILES string of the molecule is Cc1cccc[n+]1CC(=O)c1c([O-])on[n+]1-c1ccccc1. The molecule has 0 aliphatic carbocycles. The van der Waals surface area contributed by atoms with Crippen LogP contribution in [0.3, 0.4) is 0 Å². The highest BCUT2D eigenvalue weighted by Gasteiger charge is 2.30. The van der Waals surface area contributed by atoms with Gasteiger partial charge in [-0.25, -0.2) is 0 Å². The van der Waals surface area contributed by atoms with E-state index in [0.717, 1.165) is 5.69 Å². The van der Waals surface area contributed by atoms with Gasteiger partial charge in [-0.15, -0.1) is 0 Å². The van der Waals surface area contributed by atoms with E-state index in [0.29, 0.717) is 5.69 Å². The molecular formula is C16H14N3O3+. The van der Waals surface area contributed by atoms with Crippen LogP contribution in [0, 0.1) is 6.92 Å². The molecule has 0 fully saturated rings. The third kappa shape index (κ3) is 2.58. The number of carbonyl (C=O) groups excluding carboxylic acids is 1. The molecule has 0 aliphatic rings. The Morgan fingerprint density at radius 1 is 1.18 bits per heavy atom. The summed E-state index contributed by atoms with van der Waals surface area (Å²) in [6.07, 6.45) is 1.79. The van der Waals surface area contributed by atoms with Gasteiger partial charge in [-0.3, -0.25) is 4.79 Å². The quantitative estimate of drug-likeness (QED) is 0.519. The molecule has 3 rings (SSSR count). The molecule has 22 heavy (non-hydrogen) atoms. The molecule has 6 nitrogen and oxygen atoms in total. The normalized spacial score (nSPS) is 10.6. The van der Waals surface area contributed by atoms with E-state index < -0.39 is 5.95 Å². The largest absolute Gasteiger partial charge is 0.539 e. The summed E-state index contributed by atoms with van der Waals surface area (Å²) in [7, 11) is 0.